The second-order valence-corrected chi connectivity index (χ2v) is 6.77. The maximum absolute atomic E-state index is 11.8. The van der Waals surface area contributed by atoms with E-state index in [1.165, 1.54) is 0 Å². The molecule has 2 N–H and O–H groups in total. The maximum Gasteiger partial charge on any atom is 0.250 e. The fourth-order valence-electron chi connectivity index (χ4n) is 2.91. The maximum atomic E-state index is 11.8. The minimum Gasteiger partial charge on any atom is -0.492 e. The predicted octanol–water partition coefficient (Wildman–Crippen LogP) is 3.03. The van der Waals surface area contributed by atoms with Crippen LogP contribution in [0.2, 0.25) is 0 Å². The normalized spacial score (nSPS) is 11.2. The molecule has 30 heavy (non-hydrogen) atoms. The van der Waals surface area contributed by atoms with Gasteiger partial charge in [-0.15, -0.1) is 0 Å². The van der Waals surface area contributed by atoms with Crippen molar-refractivity contribution >= 4 is 5.96 Å². The van der Waals surface area contributed by atoms with Crippen LogP contribution >= 0.6 is 0 Å². The molecule has 0 aliphatic carbocycles. The molecule has 6 nitrogen and oxygen atoms in total. The average Bonchev–Trinajstić information content (AvgIpc) is 2.78. The number of hydrogen-bond acceptors (Lipinski definition) is 3. The highest BCUT2D eigenvalue weighted by molar-refractivity contribution is 5.79. The Labute approximate surface area is 177 Å². The van der Waals surface area contributed by atoms with Crippen LogP contribution in [0.1, 0.15) is 18.1 Å². The highest BCUT2D eigenvalue weighted by atomic mass is 16.5. The second-order valence-electron chi connectivity index (χ2n) is 6.77. The first-order valence-electron chi connectivity index (χ1n) is 10.2. The van der Waals surface area contributed by atoms with Crippen LogP contribution in [0.5, 0.6) is 5.75 Å². The third-order valence-electron chi connectivity index (χ3n) is 4.45. The molecule has 0 saturated carbocycles. The van der Waals surface area contributed by atoms with Crippen LogP contribution in [0.4, 0.5) is 0 Å². The van der Waals surface area contributed by atoms with Crippen molar-refractivity contribution in [3.05, 3.63) is 100 Å². The molecule has 6 heteroatoms. The third-order valence-corrected chi connectivity index (χ3v) is 4.45. The SMILES string of the molecule is CCNC(=NCc1ccc(Cn2ccccc2=O)cc1)NCCOc1ccccc1. The van der Waals surface area contributed by atoms with Gasteiger partial charge < -0.3 is 19.9 Å². The molecule has 0 aliphatic heterocycles. The summed E-state index contributed by atoms with van der Waals surface area (Å²) < 4.78 is 7.39. The fraction of sp³-hybridized carbons (Fsp3) is 0.250. The molecule has 156 valence electrons. The van der Waals surface area contributed by atoms with Crippen LogP contribution in [0.3, 0.4) is 0 Å². The number of benzene rings is 2. The molecule has 0 fully saturated rings. The molecule has 0 aliphatic rings. The van der Waals surface area contributed by atoms with Crippen molar-refractivity contribution in [1.82, 2.24) is 15.2 Å². The van der Waals surface area contributed by atoms with Crippen molar-refractivity contribution in [2.24, 2.45) is 4.99 Å². The third kappa shape index (κ3) is 6.81. The lowest BCUT2D eigenvalue weighted by Crippen LogP contribution is -2.39. The molecule has 1 aromatic heterocycles. The van der Waals surface area contributed by atoms with Gasteiger partial charge in [-0.25, -0.2) is 4.99 Å². The molecule has 0 radical (unpaired) electrons. The number of nitrogens with zero attached hydrogens (tertiary/aromatic N) is 2. The Morgan fingerprint density at radius 3 is 2.40 bits per heavy atom. The summed E-state index contributed by atoms with van der Waals surface area (Å²) in [6.07, 6.45) is 1.80. The lowest BCUT2D eigenvalue weighted by atomic mass is 10.1. The van der Waals surface area contributed by atoms with E-state index in [1.54, 1.807) is 22.9 Å². The summed E-state index contributed by atoms with van der Waals surface area (Å²) in [7, 11) is 0. The number of ether oxygens (including phenoxy) is 1. The molecule has 3 aromatic rings. The topological polar surface area (TPSA) is 67.7 Å². The van der Waals surface area contributed by atoms with E-state index < -0.39 is 0 Å². The Morgan fingerprint density at radius 1 is 0.933 bits per heavy atom. The van der Waals surface area contributed by atoms with Gasteiger partial charge in [0.05, 0.1) is 19.6 Å². The number of hydrogen-bond donors (Lipinski definition) is 2. The quantitative estimate of drug-likeness (QED) is 0.327. The van der Waals surface area contributed by atoms with E-state index >= 15 is 0 Å². The van der Waals surface area contributed by atoms with Gasteiger partial charge in [-0.05, 0) is 36.2 Å². The molecule has 1 heterocycles. The fourth-order valence-corrected chi connectivity index (χ4v) is 2.91. The summed E-state index contributed by atoms with van der Waals surface area (Å²) in [4.78, 5) is 16.5. The van der Waals surface area contributed by atoms with Crippen LogP contribution in [0.25, 0.3) is 0 Å². The van der Waals surface area contributed by atoms with E-state index in [0.717, 1.165) is 29.4 Å². The molecular weight excluding hydrogens is 376 g/mol. The van der Waals surface area contributed by atoms with Crippen LogP contribution in [-0.4, -0.2) is 30.2 Å². The zero-order valence-electron chi connectivity index (χ0n) is 17.3. The van der Waals surface area contributed by atoms with Gasteiger partial charge >= 0.3 is 0 Å². The molecule has 3 rings (SSSR count). The Morgan fingerprint density at radius 2 is 1.67 bits per heavy atom. The van der Waals surface area contributed by atoms with Crippen molar-refractivity contribution in [1.29, 1.82) is 0 Å². The Hall–Kier alpha value is -3.54. The van der Waals surface area contributed by atoms with Crippen molar-refractivity contribution in [3.63, 3.8) is 0 Å². The van der Waals surface area contributed by atoms with Crippen molar-refractivity contribution < 1.29 is 4.74 Å². The lowest BCUT2D eigenvalue weighted by Gasteiger charge is -2.12. The molecule has 0 bridgehead atoms. The zero-order chi connectivity index (χ0) is 21.0. The van der Waals surface area contributed by atoms with Gasteiger partial charge in [0.25, 0.3) is 5.56 Å². The lowest BCUT2D eigenvalue weighted by molar-refractivity contribution is 0.322. The van der Waals surface area contributed by atoms with Crippen LogP contribution in [0.15, 0.2) is 88.8 Å². The minimum absolute atomic E-state index is 0.00350. The van der Waals surface area contributed by atoms with Gasteiger partial charge in [-0.2, -0.15) is 0 Å². The van der Waals surface area contributed by atoms with E-state index in [2.05, 4.69) is 27.8 Å². The van der Waals surface area contributed by atoms with E-state index in [0.29, 0.717) is 26.2 Å². The summed E-state index contributed by atoms with van der Waals surface area (Å²) in [5.74, 6) is 1.62. The van der Waals surface area contributed by atoms with E-state index in [1.807, 2.05) is 55.5 Å². The second kappa shape index (κ2) is 11.5. The number of para-hydroxylation sites is 1. The number of rotatable bonds is 9. The first-order chi connectivity index (χ1) is 14.7. The molecular formula is C24H28N4O2. The average molecular weight is 405 g/mol. The summed E-state index contributed by atoms with van der Waals surface area (Å²) in [5.41, 5.74) is 2.19. The minimum atomic E-state index is 0.00350. The summed E-state index contributed by atoms with van der Waals surface area (Å²) in [6.45, 7) is 5.18. The molecule has 2 aromatic carbocycles. The van der Waals surface area contributed by atoms with Gasteiger partial charge in [0, 0.05) is 18.8 Å². The van der Waals surface area contributed by atoms with Gasteiger partial charge in [-0.1, -0.05) is 48.5 Å². The van der Waals surface area contributed by atoms with E-state index in [9.17, 15) is 4.79 Å². The predicted molar refractivity (Wildman–Crippen MR) is 121 cm³/mol. The highest BCUT2D eigenvalue weighted by Crippen LogP contribution is 2.08. The molecule has 0 amide bonds. The number of aliphatic imine (C=N–C) groups is 1. The molecule has 0 unspecified atom stereocenters. The highest BCUT2D eigenvalue weighted by Gasteiger charge is 2.00. The van der Waals surface area contributed by atoms with Gasteiger partial charge in [-0.3, -0.25) is 4.79 Å². The molecule has 0 spiro atoms. The van der Waals surface area contributed by atoms with Gasteiger partial charge in [0.15, 0.2) is 5.96 Å². The Bertz CT molecular complexity index is 982. The van der Waals surface area contributed by atoms with Crippen LogP contribution in [0, 0.1) is 0 Å². The zero-order valence-corrected chi connectivity index (χ0v) is 17.3. The van der Waals surface area contributed by atoms with Gasteiger partial charge in [0.1, 0.15) is 12.4 Å². The summed E-state index contributed by atoms with van der Waals surface area (Å²) in [5, 5.41) is 6.53. The largest absolute Gasteiger partial charge is 0.492 e. The number of guanidine groups is 1. The number of pyridine rings is 1. The number of aromatic nitrogens is 1. The van der Waals surface area contributed by atoms with E-state index in [4.69, 9.17) is 4.74 Å². The van der Waals surface area contributed by atoms with Crippen molar-refractivity contribution in [3.8, 4) is 5.75 Å². The van der Waals surface area contributed by atoms with Crippen LogP contribution in [-0.2, 0) is 13.1 Å². The number of nitrogens with one attached hydrogen (secondary N) is 2. The monoisotopic (exact) mass is 404 g/mol. The van der Waals surface area contributed by atoms with Crippen LogP contribution < -0.4 is 20.9 Å². The standard InChI is InChI=1S/C24H28N4O2/c1-2-25-24(26-15-17-30-22-8-4-3-5-9-22)27-18-20-11-13-21(14-12-20)19-28-16-7-6-10-23(28)29/h3-14,16H,2,15,17-19H2,1H3,(H2,25,26,27). The summed E-state index contributed by atoms with van der Waals surface area (Å²) in [6, 6.07) is 23.1. The molecule has 0 atom stereocenters. The van der Waals surface area contributed by atoms with Crippen molar-refractivity contribution in [2.75, 3.05) is 19.7 Å². The van der Waals surface area contributed by atoms with Gasteiger partial charge in [0.2, 0.25) is 0 Å². The first kappa shape index (κ1) is 21.2. The Kier molecular flexibility index (Phi) is 8.09. The smallest absolute Gasteiger partial charge is 0.250 e. The first-order valence-corrected chi connectivity index (χ1v) is 10.2. The summed E-state index contributed by atoms with van der Waals surface area (Å²) >= 11 is 0. The van der Waals surface area contributed by atoms with E-state index in [-0.39, 0.29) is 5.56 Å². The Balaban J connectivity index is 1.50. The molecule has 0 saturated heterocycles. The van der Waals surface area contributed by atoms with Crippen molar-refractivity contribution in [2.45, 2.75) is 20.0 Å².